The van der Waals surface area contributed by atoms with E-state index in [0.29, 0.717) is 5.92 Å². The highest BCUT2D eigenvalue weighted by molar-refractivity contribution is 5.81. The van der Waals surface area contributed by atoms with Crippen molar-refractivity contribution in [2.24, 2.45) is 5.73 Å². The van der Waals surface area contributed by atoms with Crippen LogP contribution >= 0.6 is 0 Å². The standard InChI is InChI=1S/C18H20N2O/c19-18(21)17(15-9-5-2-6-10-15)20-12-11-16(13-20)14-7-3-1-4-8-14/h1-10,16-17H,11-13H2,(H2,19,21)/t16-,17-/m1/s1. The average Bonchev–Trinajstić information content (AvgIpc) is 2.98. The van der Waals surface area contributed by atoms with Crippen molar-refractivity contribution in [2.75, 3.05) is 13.1 Å². The van der Waals surface area contributed by atoms with Crippen molar-refractivity contribution in [1.29, 1.82) is 0 Å². The van der Waals surface area contributed by atoms with Gasteiger partial charge in [-0.3, -0.25) is 9.69 Å². The van der Waals surface area contributed by atoms with Crippen LogP contribution in [0.2, 0.25) is 0 Å². The lowest BCUT2D eigenvalue weighted by molar-refractivity contribution is -0.123. The predicted molar refractivity (Wildman–Crippen MR) is 83.8 cm³/mol. The Morgan fingerprint density at radius 2 is 1.67 bits per heavy atom. The molecule has 1 aliphatic rings. The summed E-state index contributed by atoms with van der Waals surface area (Å²) in [6, 6.07) is 20.0. The normalized spacial score (nSPS) is 20.3. The molecule has 1 saturated heterocycles. The molecule has 1 fully saturated rings. The Balaban J connectivity index is 1.79. The molecular formula is C18H20N2O. The lowest BCUT2D eigenvalue weighted by Gasteiger charge is -2.25. The van der Waals surface area contributed by atoms with Crippen LogP contribution in [0.1, 0.15) is 29.5 Å². The summed E-state index contributed by atoms with van der Waals surface area (Å²) in [5, 5.41) is 0. The van der Waals surface area contributed by atoms with Crippen LogP contribution in [0, 0.1) is 0 Å². The second-order valence-corrected chi connectivity index (χ2v) is 5.61. The first kappa shape index (κ1) is 13.8. The van der Waals surface area contributed by atoms with Crippen molar-refractivity contribution in [2.45, 2.75) is 18.4 Å². The first-order chi connectivity index (χ1) is 10.3. The van der Waals surface area contributed by atoms with Crippen molar-refractivity contribution < 1.29 is 4.79 Å². The number of primary amides is 1. The molecule has 2 atom stereocenters. The van der Waals surface area contributed by atoms with Crippen molar-refractivity contribution in [3.05, 3.63) is 71.8 Å². The Labute approximate surface area is 125 Å². The molecular weight excluding hydrogens is 260 g/mol. The monoisotopic (exact) mass is 280 g/mol. The van der Waals surface area contributed by atoms with Gasteiger partial charge in [0.1, 0.15) is 6.04 Å². The maximum atomic E-state index is 11.9. The van der Waals surface area contributed by atoms with E-state index in [-0.39, 0.29) is 11.9 Å². The number of carbonyl (C=O) groups is 1. The summed E-state index contributed by atoms with van der Waals surface area (Å²) in [7, 11) is 0. The number of nitrogens with zero attached hydrogens (tertiary/aromatic N) is 1. The number of rotatable bonds is 4. The highest BCUT2D eigenvalue weighted by atomic mass is 16.1. The second-order valence-electron chi connectivity index (χ2n) is 5.61. The Kier molecular flexibility index (Phi) is 4.02. The van der Waals surface area contributed by atoms with Crippen LogP contribution in [0.25, 0.3) is 0 Å². The van der Waals surface area contributed by atoms with Gasteiger partial charge in [0.15, 0.2) is 0 Å². The van der Waals surface area contributed by atoms with Gasteiger partial charge in [0.2, 0.25) is 5.91 Å². The summed E-state index contributed by atoms with van der Waals surface area (Å²) in [6.07, 6.45) is 1.07. The number of benzene rings is 2. The summed E-state index contributed by atoms with van der Waals surface area (Å²) >= 11 is 0. The second kappa shape index (κ2) is 6.10. The van der Waals surface area contributed by atoms with Crippen LogP contribution in [0.4, 0.5) is 0 Å². The van der Waals surface area contributed by atoms with Crippen molar-refractivity contribution in [3.63, 3.8) is 0 Å². The zero-order valence-electron chi connectivity index (χ0n) is 12.0. The number of amides is 1. The lowest BCUT2D eigenvalue weighted by atomic mass is 9.98. The van der Waals surface area contributed by atoms with E-state index in [1.54, 1.807) is 0 Å². The zero-order valence-corrected chi connectivity index (χ0v) is 12.0. The van der Waals surface area contributed by atoms with Crippen LogP contribution < -0.4 is 5.73 Å². The molecule has 0 radical (unpaired) electrons. The molecule has 108 valence electrons. The van der Waals surface area contributed by atoms with E-state index in [2.05, 4.69) is 29.2 Å². The van der Waals surface area contributed by atoms with Crippen LogP contribution in [0.3, 0.4) is 0 Å². The molecule has 0 spiro atoms. The topological polar surface area (TPSA) is 46.3 Å². The van der Waals surface area contributed by atoms with E-state index in [1.807, 2.05) is 36.4 Å². The van der Waals surface area contributed by atoms with E-state index >= 15 is 0 Å². The molecule has 2 aromatic rings. The Morgan fingerprint density at radius 1 is 1.05 bits per heavy atom. The fraction of sp³-hybridized carbons (Fsp3) is 0.278. The van der Waals surface area contributed by atoms with E-state index in [0.717, 1.165) is 25.1 Å². The number of carbonyl (C=O) groups excluding carboxylic acids is 1. The molecule has 2 aromatic carbocycles. The summed E-state index contributed by atoms with van der Waals surface area (Å²) in [4.78, 5) is 14.1. The first-order valence-corrected chi connectivity index (χ1v) is 7.39. The number of nitrogens with two attached hydrogens (primary N) is 1. The average molecular weight is 280 g/mol. The summed E-state index contributed by atoms with van der Waals surface area (Å²) < 4.78 is 0. The van der Waals surface area contributed by atoms with Crippen molar-refractivity contribution in [3.8, 4) is 0 Å². The van der Waals surface area contributed by atoms with Crippen LogP contribution in [-0.2, 0) is 4.79 Å². The van der Waals surface area contributed by atoms with Gasteiger partial charge < -0.3 is 5.73 Å². The maximum absolute atomic E-state index is 11.9. The largest absolute Gasteiger partial charge is 0.368 e. The minimum atomic E-state index is -0.320. The molecule has 1 heterocycles. The molecule has 1 amide bonds. The molecule has 0 unspecified atom stereocenters. The first-order valence-electron chi connectivity index (χ1n) is 7.39. The number of likely N-dealkylation sites (tertiary alicyclic amines) is 1. The zero-order chi connectivity index (χ0) is 14.7. The van der Waals surface area contributed by atoms with Crippen LogP contribution in [0.15, 0.2) is 60.7 Å². The van der Waals surface area contributed by atoms with Gasteiger partial charge in [0.05, 0.1) is 0 Å². The fourth-order valence-electron chi connectivity index (χ4n) is 3.21. The highest BCUT2D eigenvalue weighted by Crippen LogP contribution is 2.32. The summed E-state index contributed by atoms with van der Waals surface area (Å²) in [5.74, 6) is 0.215. The molecule has 3 heteroatoms. The predicted octanol–water partition coefficient (Wildman–Crippen LogP) is 2.70. The third kappa shape index (κ3) is 2.98. The van der Waals surface area contributed by atoms with E-state index in [4.69, 9.17) is 5.73 Å². The van der Waals surface area contributed by atoms with Crippen LogP contribution in [0.5, 0.6) is 0 Å². The van der Waals surface area contributed by atoms with Crippen molar-refractivity contribution >= 4 is 5.91 Å². The molecule has 0 saturated carbocycles. The molecule has 21 heavy (non-hydrogen) atoms. The fourth-order valence-corrected chi connectivity index (χ4v) is 3.21. The molecule has 3 nitrogen and oxygen atoms in total. The summed E-state index contributed by atoms with van der Waals surface area (Å²) in [5.41, 5.74) is 7.98. The lowest BCUT2D eigenvalue weighted by Crippen LogP contribution is -2.36. The van der Waals surface area contributed by atoms with E-state index < -0.39 is 0 Å². The third-order valence-corrected chi connectivity index (χ3v) is 4.24. The van der Waals surface area contributed by atoms with Crippen molar-refractivity contribution in [1.82, 2.24) is 4.90 Å². The number of hydrogen-bond acceptors (Lipinski definition) is 2. The smallest absolute Gasteiger partial charge is 0.239 e. The molecule has 1 aliphatic heterocycles. The van der Waals surface area contributed by atoms with Gasteiger partial charge >= 0.3 is 0 Å². The third-order valence-electron chi connectivity index (χ3n) is 4.24. The molecule has 0 bridgehead atoms. The molecule has 2 N–H and O–H groups in total. The van der Waals surface area contributed by atoms with Gasteiger partial charge in [-0.05, 0) is 30.0 Å². The molecule has 0 aliphatic carbocycles. The van der Waals surface area contributed by atoms with Gasteiger partial charge in [0, 0.05) is 6.54 Å². The minimum absolute atomic E-state index is 0.269. The van der Waals surface area contributed by atoms with Gasteiger partial charge in [-0.1, -0.05) is 60.7 Å². The van der Waals surface area contributed by atoms with Gasteiger partial charge in [-0.2, -0.15) is 0 Å². The quantitative estimate of drug-likeness (QED) is 0.936. The van der Waals surface area contributed by atoms with E-state index in [1.165, 1.54) is 5.56 Å². The van der Waals surface area contributed by atoms with Gasteiger partial charge in [-0.15, -0.1) is 0 Å². The molecule has 3 rings (SSSR count). The Morgan fingerprint density at radius 3 is 2.29 bits per heavy atom. The highest BCUT2D eigenvalue weighted by Gasteiger charge is 2.32. The summed E-state index contributed by atoms with van der Waals surface area (Å²) in [6.45, 7) is 1.79. The van der Waals surface area contributed by atoms with Crippen LogP contribution in [-0.4, -0.2) is 23.9 Å². The van der Waals surface area contributed by atoms with E-state index in [9.17, 15) is 4.79 Å². The van der Waals surface area contributed by atoms with Gasteiger partial charge in [-0.25, -0.2) is 0 Å². The Hall–Kier alpha value is -2.13. The Bertz CT molecular complexity index is 597. The van der Waals surface area contributed by atoms with Gasteiger partial charge in [0.25, 0.3) is 0 Å². The SMILES string of the molecule is NC(=O)[C@@H](c1ccccc1)N1CC[C@@H](c2ccccc2)C1. The minimum Gasteiger partial charge on any atom is -0.368 e. The molecule has 0 aromatic heterocycles. The maximum Gasteiger partial charge on any atom is 0.239 e. The number of hydrogen-bond donors (Lipinski definition) is 1.